The van der Waals surface area contributed by atoms with Gasteiger partial charge in [0.05, 0.1) is 18.1 Å². The molecule has 2 aliphatic rings. The quantitative estimate of drug-likeness (QED) is 0.313. The van der Waals surface area contributed by atoms with Crippen LogP contribution in [-0.4, -0.2) is 110 Å². The number of ether oxygens (including phenoxy) is 2. The molecule has 40 heavy (non-hydrogen) atoms. The minimum absolute atomic E-state index is 0.0909. The molecule has 2 aromatic rings. The van der Waals surface area contributed by atoms with E-state index in [-0.39, 0.29) is 63.3 Å². The Labute approximate surface area is 235 Å². The zero-order valence-corrected chi connectivity index (χ0v) is 23.1. The Balaban J connectivity index is 0.000000220. The molecule has 2 aliphatic heterocycles. The maximum Gasteiger partial charge on any atom is 0.327 e. The number of carbonyl (C=O) groups is 6. The van der Waals surface area contributed by atoms with Crippen LogP contribution < -0.4 is 9.47 Å². The highest BCUT2D eigenvalue weighted by Crippen LogP contribution is 2.25. The van der Waals surface area contributed by atoms with E-state index < -0.39 is 0 Å². The van der Waals surface area contributed by atoms with E-state index in [2.05, 4.69) is 0 Å². The van der Waals surface area contributed by atoms with E-state index in [1.54, 1.807) is 44.4 Å². The molecule has 13 heteroatoms. The van der Waals surface area contributed by atoms with Crippen molar-refractivity contribution >= 4 is 48.0 Å². The highest BCUT2D eigenvalue weighted by atomic mass is 35.5. The Bertz CT molecular complexity index is 1220. The summed E-state index contributed by atoms with van der Waals surface area (Å²) in [6.07, 6.45) is 1.46. The second-order valence-electron chi connectivity index (χ2n) is 9.02. The van der Waals surface area contributed by atoms with Gasteiger partial charge in [-0.25, -0.2) is 9.59 Å². The molecule has 212 valence electrons. The summed E-state index contributed by atoms with van der Waals surface area (Å²) in [5, 5.41) is 0.311. The topological polar surface area (TPSA) is 134 Å². The van der Waals surface area contributed by atoms with E-state index in [1.165, 1.54) is 20.8 Å². The monoisotopic (exact) mass is 572 g/mol. The van der Waals surface area contributed by atoms with Gasteiger partial charge in [-0.15, -0.1) is 0 Å². The fraction of sp³-hybridized carbons (Fsp3) is 0.333. The van der Waals surface area contributed by atoms with E-state index in [0.29, 0.717) is 33.9 Å². The molecule has 0 aliphatic carbocycles. The van der Waals surface area contributed by atoms with Crippen molar-refractivity contribution in [2.24, 2.45) is 0 Å². The molecular weight excluding hydrogens is 544 g/mol. The molecule has 0 unspecified atom stereocenters. The molecular formula is C27H29ClN4O8. The van der Waals surface area contributed by atoms with Crippen molar-refractivity contribution in [2.75, 3.05) is 53.5 Å². The molecule has 2 aromatic carbocycles. The maximum atomic E-state index is 11.6. The number of aldehydes is 2. The first-order valence-electron chi connectivity index (χ1n) is 12.2. The molecule has 12 nitrogen and oxygen atoms in total. The van der Waals surface area contributed by atoms with E-state index in [4.69, 9.17) is 21.1 Å². The molecule has 6 amide bonds. The molecule has 0 aromatic heterocycles. The smallest absolute Gasteiger partial charge is 0.327 e. The summed E-state index contributed by atoms with van der Waals surface area (Å²) >= 11 is 5.94. The largest absolute Gasteiger partial charge is 0.491 e. The molecule has 4 rings (SSSR count). The molecule has 2 saturated heterocycles. The fourth-order valence-electron chi connectivity index (χ4n) is 3.89. The van der Waals surface area contributed by atoms with Gasteiger partial charge in [0, 0.05) is 25.2 Å². The molecule has 0 spiro atoms. The Kier molecular flexibility index (Phi) is 10.2. The lowest BCUT2D eigenvalue weighted by Crippen LogP contribution is -2.35. The Morgan fingerprint density at radius 2 is 1.20 bits per heavy atom. The van der Waals surface area contributed by atoms with Crippen LogP contribution in [0.3, 0.4) is 0 Å². The molecule has 2 fully saturated rings. The standard InChI is InChI=1S/C14H16N2O4.C13H13ClN2O4/c1-10-7-11(9-17)3-4-12(10)20-6-5-16-13(18)8-15(2)14(16)19;1-15-7-12(18)16(13(15)19)4-5-20-11-3-2-9(8-17)6-10(11)14/h3-4,7,9H,5-6,8H2,1-2H3;2-3,6,8H,4-5,7H2,1H3. The summed E-state index contributed by atoms with van der Waals surface area (Å²) in [6, 6.07) is 9.10. The number of amides is 6. The number of halogens is 1. The van der Waals surface area contributed by atoms with Crippen molar-refractivity contribution < 1.29 is 38.2 Å². The van der Waals surface area contributed by atoms with Crippen LogP contribution in [-0.2, 0) is 9.59 Å². The Hall–Kier alpha value is -4.45. The second-order valence-corrected chi connectivity index (χ2v) is 9.42. The average Bonchev–Trinajstić information content (AvgIpc) is 3.32. The number of hydrogen-bond donors (Lipinski definition) is 0. The van der Waals surface area contributed by atoms with Crippen molar-refractivity contribution in [1.82, 2.24) is 19.6 Å². The van der Waals surface area contributed by atoms with E-state index in [0.717, 1.165) is 16.7 Å². The van der Waals surface area contributed by atoms with Crippen LogP contribution in [0.5, 0.6) is 11.5 Å². The summed E-state index contributed by atoms with van der Waals surface area (Å²) in [7, 11) is 3.15. The highest BCUT2D eigenvalue weighted by Gasteiger charge is 2.34. The van der Waals surface area contributed by atoms with Crippen LogP contribution in [0.25, 0.3) is 0 Å². The zero-order chi connectivity index (χ0) is 29.4. The number of rotatable bonds is 10. The van der Waals surface area contributed by atoms with Crippen LogP contribution >= 0.6 is 11.6 Å². The van der Waals surface area contributed by atoms with E-state index >= 15 is 0 Å². The predicted molar refractivity (Wildman–Crippen MR) is 144 cm³/mol. The van der Waals surface area contributed by atoms with Crippen molar-refractivity contribution in [1.29, 1.82) is 0 Å². The van der Waals surface area contributed by atoms with Gasteiger partial charge in [0.1, 0.15) is 50.4 Å². The number of imide groups is 2. The normalized spacial score (nSPS) is 14.9. The number of carbonyl (C=O) groups excluding carboxylic acids is 6. The summed E-state index contributed by atoms with van der Waals surface area (Å²) in [5.74, 6) is 0.588. The lowest BCUT2D eigenvalue weighted by Gasteiger charge is -2.15. The van der Waals surface area contributed by atoms with Gasteiger partial charge in [0.2, 0.25) is 11.8 Å². The van der Waals surface area contributed by atoms with Gasteiger partial charge < -0.3 is 19.3 Å². The van der Waals surface area contributed by atoms with Gasteiger partial charge in [0.15, 0.2) is 0 Å². The number of urea groups is 2. The third-order valence-corrected chi connectivity index (χ3v) is 6.33. The summed E-state index contributed by atoms with van der Waals surface area (Å²) in [5.41, 5.74) is 1.88. The van der Waals surface area contributed by atoms with Gasteiger partial charge in [0.25, 0.3) is 0 Å². The fourth-order valence-corrected chi connectivity index (χ4v) is 4.13. The van der Waals surface area contributed by atoms with E-state index in [9.17, 15) is 28.8 Å². The van der Waals surface area contributed by atoms with E-state index in [1.807, 2.05) is 6.92 Å². The Morgan fingerprint density at radius 1 is 0.750 bits per heavy atom. The molecule has 0 N–H and O–H groups in total. The van der Waals surface area contributed by atoms with Crippen molar-refractivity contribution in [3.05, 3.63) is 58.1 Å². The summed E-state index contributed by atoms with van der Waals surface area (Å²) in [4.78, 5) is 72.6. The van der Waals surface area contributed by atoms with Crippen LogP contribution in [0.1, 0.15) is 26.3 Å². The first kappa shape index (κ1) is 30.1. The molecule has 0 atom stereocenters. The minimum atomic E-state index is -0.332. The van der Waals surface area contributed by atoms with Gasteiger partial charge in [-0.2, -0.15) is 0 Å². The zero-order valence-electron chi connectivity index (χ0n) is 22.3. The average molecular weight is 573 g/mol. The van der Waals surface area contributed by atoms with Crippen molar-refractivity contribution in [3.8, 4) is 11.5 Å². The third kappa shape index (κ3) is 7.35. The number of benzene rings is 2. The van der Waals surface area contributed by atoms with Crippen molar-refractivity contribution in [3.63, 3.8) is 0 Å². The van der Waals surface area contributed by atoms with Gasteiger partial charge in [-0.05, 0) is 48.9 Å². The summed E-state index contributed by atoms with van der Waals surface area (Å²) < 4.78 is 11.0. The highest BCUT2D eigenvalue weighted by molar-refractivity contribution is 6.32. The SMILES string of the molecule is CN1CC(=O)N(CCOc2ccc(C=O)cc2Cl)C1=O.Cc1cc(C=O)ccc1OCCN1C(=O)CN(C)C1=O. The number of aryl methyl sites for hydroxylation is 1. The summed E-state index contributed by atoms with van der Waals surface area (Å²) in [6.45, 7) is 2.80. The maximum absolute atomic E-state index is 11.6. The molecule has 2 heterocycles. The van der Waals surface area contributed by atoms with Crippen LogP contribution in [0.15, 0.2) is 36.4 Å². The van der Waals surface area contributed by atoms with Gasteiger partial charge >= 0.3 is 12.1 Å². The first-order valence-corrected chi connectivity index (χ1v) is 12.6. The molecule has 0 bridgehead atoms. The number of likely N-dealkylation sites (N-methyl/N-ethyl adjacent to an activating group) is 2. The van der Waals surface area contributed by atoms with Crippen molar-refractivity contribution in [2.45, 2.75) is 6.92 Å². The van der Waals surface area contributed by atoms with Gasteiger partial charge in [-0.1, -0.05) is 11.6 Å². The molecule has 0 radical (unpaired) electrons. The van der Waals surface area contributed by atoms with Gasteiger partial charge in [-0.3, -0.25) is 29.0 Å². The first-order chi connectivity index (χ1) is 19.0. The van der Waals surface area contributed by atoms with Crippen LogP contribution in [0.4, 0.5) is 9.59 Å². The Morgan fingerprint density at radius 3 is 1.60 bits per heavy atom. The van der Waals surface area contributed by atoms with Crippen LogP contribution in [0, 0.1) is 6.92 Å². The minimum Gasteiger partial charge on any atom is -0.491 e. The lowest BCUT2D eigenvalue weighted by molar-refractivity contribution is -0.126. The lowest BCUT2D eigenvalue weighted by atomic mass is 10.1. The third-order valence-electron chi connectivity index (χ3n) is 6.03. The number of hydrogen-bond acceptors (Lipinski definition) is 8. The predicted octanol–water partition coefficient (Wildman–Crippen LogP) is 2.51. The second kappa shape index (κ2) is 13.6. The van der Waals surface area contributed by atoms with Crippen LogP contribution in [0.2, 0.25) is 5.02 Å². The number of nitrogens with zero attached hydrogens (tertiary/aromatic N) is 4. The molecule has 0 saturated carbocycles.